The van der Waals surface area contributed by atoms with Gasteiger partial charge in [0, 0.05) is 72.8 Å². The first-order chi connectivity index (χ1) is 19.2. The minimum atomic E-state index is -2.55. The number of benzene rings is 2. The van der Waals surface area contributed by atoms with Crippen molar-refractivity contribution in [3.05, 3.63) is 64.8 Å². The van der Waals surface area contributed by atoms with Crippen LogP contribution in [0.1, 0.15) is 71.6 Å². The van der Waals surface area contributed by atoms with Crippen LogP contribution in [0.5, 0.6) is 5.75 Å². The molecule has 4 aliphatic rings. The Labute approximate surface area is 233 Å². The number of likely N-dealkylation sites (tertiary alicyclic amines) is 1. The lowest BCUT2D eigenvalue weighted by Crippen LogP contribution is -2.65. The highest BCUT2D eigenvalue weighted by molar-refractivity contribution is 5.94. The molecule has 0 radical (unpaired) electrons. The van der Waals surface area contributed by atoms with Crippen molar-refractivity contribution in [1.82, 2.24) is 20.5 Å². The number of alkyl halides is 2. The number of fused-ring (bicyclic) bond motifs is 1. The summed E-state index contributed by atoms with van der Waals surface area (Å²) in [6.07, 6.45) is 5.45. The Morgan fingerprint density at radius 2 is 1.85 bits per heavy atom. The number of amides is 1. The summed E-state index contributed by atoms with van der Waals surface area (Å²) in [7, 11) is 1.70. The summed E-state index contributed by atoms with van der Waals surface area (Å²) in [4.78, 5) is 18.7. The minimum absolute atomic E-state index is 0.0143. The fourth-order valence-corrected chi connectivity index (χ4v) is 8.03. The van der Waals surface area contributed by atoms with Crippen LogP contribution in [0.25, 0.3) is 10.9 Å². The summed E-state index contributed by atoms with van der Waals surface area (Å²) >= 11 is 0. The number of carbonyl (C=O) groups is 1. The van der Waals surface area contributed by atoms with Gasteiger partial charge in [-0.3, -0.25) is 9.69 Å². The molecule has 2 saturated heterocycles. The molecule has 1 atom stereocenters. The van der Waals surface area contributed by atoms with Crippen molar-refractivity contribution in [3.8, 4) is 5.75 Å². The molecular formula is C32H38F2N4O2. The van der Waals surface area contributed by atoms with E-state index in [2.05, 4.69) is 39.6 Å². The molecule has 2 aliphatic heterocycles. The van der Waals surface area contributed by atoms with Gasteiger partial charge in [0.2, 0.25) is 5.92 Å². The van der Waals surface area contributed by atoms with Crippen molar-refractivity contribution < 1.29 is 18.3 Å². The van der Waals surface area contributed by atoms with E-state index in [-0.39, 0.29) is 36.2 Å². The van der Waals surface area contributed by atoms with Gasteiger partial charge in [0.05, 0.1) is 7.11 Å². The molecular weight excluding hydrogens is 510 g/mol. The van der Waals surface area contributed by atoms with Crippen molar-refractivity contribution in [2.45, 2.75) is 70.0 Å². The fraction of sp³-hybridized carbons (Fsp3) is 0.531. The second-order valence-corrected chi connectivity index (χ2v) is 13.1. The van der Waals surface area contributed by atoms with Gasteiger partial charge in [-0.15, -0.1) is 0 Å². The number of piperidine rings is 1. The van der Waals surface area contributed by atoms with Gasteiger partial charge >= 0.3 is 0 Å². The van der Waals surface area contributed by atoms with E-state index in [1.807, 2.05) is 30.5 Å². The third kappa shape index (κ3) is 4.40. The molecule has 1 aromatic heterocycles. The molecule has 212 valence electrons. The summed E-state index contributed by atoms with van der Waals surface area (Å²) < 4.78 is 34.0. The number of nitrogens with one attached hydrogen (secondary N) is 3. The Kier molecular flexibility index (Phi) is 6.02. The first-order valence-electron chi connectivity index (χ1n) is 14.5. The smallest absolute Gasteiger partial charge is 0.251 e. The van der Waals surface area contributed by atoms with Crippen molar-refractivity contribution >= 4 is 16.8 Å². The molecule has 0 bridgehead atoms. The number of methoxy groups -OCH3 is 1. The molecule has 40 heavy (non-hydrogen) atoms. The SMILES string of the molecule is COc1cc(C)c2[nH]ccc2c1CN1CCC2(CC1c1ccc(C(=O)NC3CC4(CNC4)C3)cc1)CC(F)(F)C2. The van der Waals surface area contributed by atoms with Gasteiger partial charge in [0.25, 0.3) is 5.91 Å². The first kappa shape index (κ1) is 26.0. The van der Waals surface area contributed by atoms with Crippen molar-refractivity contribution in [3.63, 3.8) is 0 Å². The van der Waals surface area contributed by atoms with Crippen LogP contribution in [0.2, 0.25) is 0 Å². The molecule has 1 unspecified atom stereocenters. The zero-order valence-corrected chi connectivity index (χ0v) is 23.3. The van der Waals surface area contributed by atoms with E-state index >= 15 is 0 Å². The van der Waals surface area contributed by atoms with E-state index < -0.39 is 5.92 Å². The molecule has 2 aliphatic carbocycles. The molecule has 8 heteroatoms. The van der Waals surface area contributed by atoms with Gasteiger partial charge in [0.1, 0.15) is 5.75 Å². The molecule has 7 rings (SSSR count). The van der Waals surface area contributed by atoms with E-state index in [9.17, 15) is 13.6 Å². The van der Waals surface area contributed by atoms with Crippen molar-refractivity contribution in [2.24, 2.45) is 10.8 Å². The van der Waals surface area contributed by atoms with E-state index in [0.29, 0.717) is 23.9 Å². The number of nitrogens with zero attached hydrogens (tertiary/aromatic N) is 1. The number of carbonyl (C=O) groups excluding carboxylic acids is 1. The summed E-state index contributed by atoms with van der Waals surface area (Å²) in [6, 6.07) is 12.2. The van der Waals surface area contributed by atoms with Crippen LogP contribution in [0, 0.1) is 17.8 Å². The van der Waals surface area contributed by atoms with Crippen LogP contribution in [0.4, 0.5) is 8.78 Å². The number of halogens is 2. The molecule has 2 aromatic carbocycles. The number of aromatic amines is 1. The highest BCUT2D eigenvalue weighted by Gasteiger charge is 2.58. The standard InChI is InChI=1S/C32H38F2N4O2/c1-20-11-27(40-2)25(24-7-9-36-28(20)24)15-38-10-8-30(16-32(33,34)17-30)14-26(38)21-3-5-22(6-4-21)29(39)37-23-12-31(13-23)18-35-19-31/h3-7,9,11,23,26,35-36H,8,10,12-19H2,1-2H3,(H,37,39). The predicted octanol–water partition coefficient (Wildman–Crippen LogP) is 5.72. The highest BCUT2D eigenvalue weighted by atomic mass is 19.3. The lowest BCUT2D eigenvalue weighted by molar-refractivity contribution is -0.186. The number of hydrogen-bond donors (Lipinski definition) is 3. The van der Waals surface area contributed by atoms with Crippen molar-refractivity contribution in [1.29, 1.82) is 0 Å². The van der Waals surface area contributed by atoms with Crippen LogP contribution in [-0.2, 0) is 6.54 Å². The number of hydrogen-bond acceptors (Lipinski definition) is 4. The Hall–Kier alpha value is -2.97. The minimum Gasteiger partial charge on any atom is -0.496 e. The Morgan fingerprint density at radius 3 is 2.50 bits per heavy atom. The van der Waals surface area contributed by atoms with E-state index in [1.165, 1.54) is 0 Å². The van der Waals surface area contributed by atoms with Gasteiger partial charge in [0.15, 0.2) is 0 Å². The quantitative estimate of drug-likeness (QED) is 0.369. The lowest BCUT2D eigenvalue weighted by Gasteiger charge is -2.54. The lowest BCUT2D eigenvalue weighted by atomic mass is 9.59. The number of rotatable bonds is 6. The van der Waals surface area contributed by atoms with Crippen molar-refractivity contribution in [2.75, 3.05) is 26.7 Å². The predicted molar refractivity (Wildman–Crippen MR) is 151 cm³/mol. The summed E-state index contributed by atoms with van der Waals surface area (Å²) in [5, 5.41) is 7.66. The molecule has 4 fully saturated rings. The van der Waals surface area contributed by atoms with Gasteiger partial charge < -0.3 is 20.4 Å². The van der Waals surface area contributed by atoms with Gasteiger partial charge in [-0.1, -0.05) is 12.1 Å². The normalized spacial score (nSPS) is 24.9. The molecule has 3 N–H and O–H groups in total. The average Bonchev–Trinajstić information content (AvgIpc) is 3.37. The van der Waals surface area contributed by atoms with E-state index in [0.717, 1.165) is 72.2 Å². The summed E-state index contributed by atoms with van der Waals surface area (Å²) in [5.41, 5.74) is 5.15. The summed E-state index contributed by atoms with van der Waals surface area (Å²) in [6.45, 7) is 5.59. The van der Waals surface area contributed by atoms with Crippen LogP contribution in [0.3, 0.4) is 0 Å². The largest absolute Gasteiger partial charge is 0.496 e. The zero-order chi connectivity index (χ0) is 27.7. The number of ether oxygens (including phenoxy) is 1. The van der Waals surface area contributed by atoms with Gasteiger partial charge in [-0.05, 0) is 85.4 Å². The molecule has 2 spiro atoms. The van der Waals surface area contributed by atoms with E-state index in [1.54, 1.807) is 7.11 Å². The monoisotopic (exact) mass is 548 g/mol. The third-order valence-corrected chi connectivity index (χ3v) is 10.2. The Balaban J connectivity index is 1.13. The molecule has 3 heterocycles. The summed E-state index contributed by atoms with van der Waals surface area (Å²) in [5.74, 6) is -1.74. The Bertz CT molecular complexity index is 1430. The number of aryl methyl sites for hydroxylation is 1. The maximum Gasteiger partial charge on any atom is 0.251 e. The molecule has 3 aromatic rings. The van der Waals surface area contributed by atoms with E-state index in [4.69, 9.17) is 4.74 Å². The molecule has 6 nitrogen and oxygen atoms in total. The van der Waals surface area contributed by atoms with Crippen LogP contribution < -0.4 is 15.4 Å². The Morgan fingerprint density at radius 1 is 1.10 bits per heavy atom. The zero-order valence-electron chi connectivity index (χ0n) is 23.3. The van der Waals surface area contributed by atoms with Gasteiger partial charge in [-0.2, -0.15) is 0 Å². The third-order valence-electron chi connectivity index (χ3n) is 10.2. The topological polar surface area (TPSA) is 69.4 Å². The number of aromatic nitrogens is 1. The maximum atomic E-state index is 14.1. The van der Waals surface area contributed by atoms with Crippen LogP contribution in [-0.4, -0.2) is 54.5 Å². The molecule has 2 saturated carbocycles. The maximum absolute atomic E-state index is 14.1. The average molecular weight is 549 g/mol. The van der Waals surface area contributed by atoms with Crippen LogP contribution in [0.15, 0.2) is 42.6 Å². The fourth-order valence-electron chi connectivity index (χ4n) is 8.03. The first-order valence-corrected chi connectivity index (χ1v) is 14.5. The van der Waals surface area contributed by atoms with Crippen LogP contribution >= 0.6 is 0 Å². The number of H-pyrrole nitrogens is 1. The van der Waals surface area contributed by atoms with Gasteiger partial charge in [-0.25, -0.2) is 8.78 Å². The highest BCUT2D eigenvalue weighted by Crippen LogP contribution is 2.60. The molecule has 1 amide bonds. The second-order valence-electron chi connectivity index (χ2n) is 13.1. The second kappa shape index (κ2) is 9.28.